The van der Waals surface area contributed by atoms with Gasteiger partial charge in [-0.05, 0) is 54.0 Å². The van der Waals surface area contributed by atoms with Crippen LogP contribution >= 0.6 is 11.8 Å². The lowest BCUT2D eigenvalue weighted by atomic mass is 10.0. The summed E-state index contributed by atoms with van der Waals surface area (Å²) in [6, 6.07) is 7.70. The highest BCUT2D eigenvalue weighted by atomic mass is 32.2. The first kappa shape index (κ1) is 29.9. The van der Waals surface area contributed by atoms with Gasteiger partial charge >= 0.3 is 6.18 Å². The summed E-state index contributed by atoms with van der Waals surface area (Å²) in [6.45, 7) is 9.19. The molecule has 0 radical (unpaired) electrons. The number of benzene rings is 1. The molecule has 220 valence electrons. The number of carbonyl (C=O) groups is 1. The molecule has 0 bridgehead atoms. The van der Waals surface area contributed by atoms with Gasteiger partial charge in [0, 0.05) is 38.3 Å². The maximum Gasteiger partial charge on any atom is 0.416 e. The lowest BCUT2D eigenvalue weighted by Crippen LogP contribution is -2.43. The van der Waals surface area contributed by atoms with Crippen molar-refractivity contribution in [3.05, 3.63) is 86.7 Å². The Morgan fingerprint density at radius 1 is 1.19 bits per heavy atom. The van der Waals surface area contributed by atoms with Crippen molar-refractivity contribution in [1.29, 1.82) is 0 Å². The fourth-order valence-electron chi connectivity index (χ4n) is 4.78. The number of aromatic nitrogens is 3. The molecule has 0 spiro atoms. The summed E-state index contributed by atoms with van der Waals surface area (Å²) in [5, 5.41) is 11.2. The summed E-state index contributed by atoms with van der Waals surface area (Å²) < 4.78 is 43.7. The van der Waals surface area contributed by atoms with Gasteiger partial charge in [-0.1, -0.05) is 56.7 Å². The zero-order valence-corrected chi connectivity index (χ0v) is 24.6. The highest BCUT2D eigenvalue weighted by Gasteiger charge is 2.34. The topological polar surface area (TPSA) is 74.6 Å². The van der Waals surface area contributed by atoms with E-state index in [9.17, 15) is 18.0 Å². The van der Waals surface area contributed by atoms with Gasteiger partial charge in [0.05, 0.1) is 27.4 Å². The second-order valence-corrected chi connectivity index (χ2v) is 11.9. The number of hydrogen-bond acceptors (Lipinski definition) is 6. The third kappa shape index (κ3) is 7.24. The normalized spacial score (nSPS) is 18.2. The standard InChI is InChI=1S/C31H33F3N6OS/c1-20(2)27-9-10-28-36-18-24(40(28)38-27)7-8-25-16-21(3)4-11-29(42-25)37-30(41)22-5-6-23(26(17-22)31(32,33)34)19-39-14-12-35-13-15-39/h5-6,9-11,16-18,20-21,35H,4,12-15,19H2,1-3H3,(H,37,41). The molecule has 1 aromatic carbocycles. The number of nitrogens with zero attached hydrogens (tertiary/aromatic N) is 4. The van der Waals surface area contributed by atoms with Crippen LogP contribution in [0.15, 0.2) is 58.6 Å². The van der Waals surface area contributed by atoms with Crippen LogP contribution in [0.5, 0.6) is 0 Å². The summed E-state index contributed by atoms with van der Waals surface area (Å²) in [5.74, 6) is 6.14. The van der Waals surface area contributed by atoms with E-state index in [0.717, 1.165) is 29.8 Å². The number of halogens is 3. The van der Waals surface area contributed by atoms with E-state index in [-0.39, 0.29) is 29.5 Å². The van der Waals surface area contributed by atoms with Crippen molar-refractivity contribution in [3.8, 4) is 11.8 Å². The predicted octanol–water partition coefficient (Wildman–Crippen LogP) is 5.56. The van der Waals surface area contributed by atoms with Crippen LogP contribution in [0.25, 0.3) is 5.65 Å². The minimum absolute atomic E-state index is 0.0421. The number of carbonyl (C=O) groups excluding carboxylic acids is 1. The van der Waals surface area contributed by atoms with E-state index >= 15 is 0 Å². The Morgan fingerprint density at radius 2 is 1.98 bits per heavy atom. The molecule has 42 heavy (non-hydrogen) atoms. The molecule has 2 aliphatic rings. The van der Waals surface area contributed by atoms with Crippen molar-refractivity contribution in [2.75, 3.05) is 26.2 Å². The van der Waals surface area contributed by atoms with Gasteiger partial charge in [-0.2, -0.15) is 18.3 Å². The molecule has 0 aliphatic carbocycles. The molecule has 3 aromatic rings. The molecular formula is C31H33F3N6OS. The molecule has 1 fully saturated rings. The fraction of sp³-hybridized carbons (Fsp3) is 0.387. The lowest BCUT2D eigenvalue weighted by molar-refractivity contribution is -0.138. The van der Waals surface area contributed by atoms with Gasteiger partial charge in [-0.25, -0.2) is 9.50 Å². The van der Waals surface area contributed by atoms with Crippen LogP contribution in [0.1, 0.15) is 66.0 Å². The first-order valence-electron chi connectivity index (χ1n) is 14.0. The molecule has 2 aromatic heterocycles. The van der Waals surface area contributed by atoms with Gasteiger partial charge in [0.2, 0.25) is 0 Å². The number of allylic oxidation sites excluding steroid dienone is 3. The SMILES string of the molecule is CC1C=C(C#Cc2cnc3ccc(C(C)C)nn23)SC(NC(=O)c2ccc(CN3CCNCC3)c(C(F)(F)F)c2)=CC1. The van der Waals surface area contributed by atoms with Crippen molar-refractivity contribution < 1.29 is 18.0 Å². The minimum Gasteiger partial charge on any atom is -0.317 e. The van der Waals surface area contributed by atoms with Crippen LogP contribution in [0, 0.1) is 17.8 Å². The third-order valence-corrected chi connectivity index (χ3v) is 8.08. The van der Waals surface area contributed by atoms with Crippen molar-refractivity contribution >= 4 is 23.3 Å². The molecule has 5 rings (SSSR count). The Morgan fingerprint density at radius 3 is 2.71 bits per heavy atom. The molecule has 1 saturated heterocycles. The number of alkyl halides is 3. The summed E-state index contributed by atoms with van der Waals surface area (Å²) >= 11 is 1.28. The van der Waals surface area contributed by atoms with E-state index in [1.54, 1.807) is 10.7 Å². The van der Waals surface area contributed by atoms with E-state index in [1.165, 1.54) is 23.9 Å². The van der Waals surface area contributed by atoms with Crippen molar-refractivity contribution in [2.24, 2.45) is 5.92 Å². The number of nitrogens with one attached hydrogen (secondary N) is 2. The Bertz CT molecular complexity index is 1590. The Kier molecular flexibility index (Phi) is 9.06. The summed E-state index contributed by atoms with van der Waals surface area (Å²) in [5.41, 5.74) is 1.61. The Balaban J connectivity index is 1.33. The van der Waals surface area contributed by atoms with E-state index in [2.05, 4.69) is 46.4 Å². The number of thioether (sulfide) groups is 1. The first-order valence-corrected chi connectivity index (χ1v) is 14.8. The molecular weight excluding hydrogens is 561 g/mol. The summed E-state index contributed by atoms with van der Waals surface area (Å²) in [4.78, 5) is 20.2. The van der Waals surface area contributed by atoms with E-state index in [0.29, 0.717) is 35.9 Å². The molecule has 11 heteroatoms. The van der Waals surface area contributed by atoms with Gasteiger partial charge in [-0.15, -0.1) is 0 Å². The van der Waals surface area contributed by atoms with Crippen LogP contribution in [-0.2, 0) is 12.7 Å². The molecule has 1 unspecified atom stereocenters. The largest absolute Gasteiger partial charge is 0.416 e. The van der Waals surface area contributed by atoms with E-state index in [1.807, 2.05) is 36.1 Å². The lowest BCUT2D eigenvalue weighted by Gasteiger charge is -2.28. The van der Waals surface area contributed by atoms with Crippen LogP contribution in [0.3, 0.4) is 0 Å². The number of imidazole rings is 1. The zero-order chi connectivity index (χ0) is 29.9. The van der Waals surface area contributed by atoms with Gasteiger partial charge < -0.3 is 10.6 Å². The first-order chi connectivity index (χ1) is 20.1. The average Bonchev–Trinajstić information content (AvgIpc) is 3.28. The van der Waals surface area contributed by atoms with Gasteiger partial charge in [0.25, 0.3) is 5.91 Å². The fourth-order valence-corrected chi connectivity index (χ4v) is 5.74. The van der Waals surface area contributed by atoms with Crippen LogP contribution < -0.4 is 10.6 Å². The zero-order valence-electron chi connectivity index (χ0n) is 23.8. The van der Waals surface area contributed by atoms with Crippen molar-refractivity contribution in [2.45, 2.75) is 45.8 Å². The van der Waals surface area contributed by atoms with Gasteiger partial charge in [0.15, 0.2) is 5.65 Å². The second kappa shape index (κ2) is 12.7. The van der Waals surface area contributed by atoms with Gasteiger partial charge in [-0.3, -0.25) is 9.69 Å². The van der Waals surface area contributed by atoms with E-state index < -0.39 is 17.6 Å². The number of fused-ring (bicyclic) bond motifs is 1. The molecule has 1 atom stereocenters. The molecule has 1 amide bonds. The highest BCUT2D eigenvalue weighted by Crippen LogP contribution is 2.34. The smallest absolute Gasteiger partial charge is 0.317 e. The molecule has 2 N–H and O–H groups in total. The minimum atomic E-state index is -4.57. The predicted molar refractivity (Wildman–Crippen MR) is 159 cm³/mol. The third-order valence-electron chi connectivity index (χ3n) is 7.14. The molecule has 4 heterocycles. The quantitative estimate of drug-likeness (QED) is 0.377. The van der Waals surface area contributed by atoms with Crippen LogP contribution in [0.2, 0.25) is 0 Å². The summed E-state index contributed by atoms with van der Waals surface area (Å²) in [7, 11) is 0. The summed E-state index contributed by atoms with van der Waals surface area (Å²) in [6.07, 6.45) is 1.66. The maximum atomic E-state index is 14.0. The number of amides is 1. The average molecular weight is 595 g/mol. The van der Waals surface area contributed by atoms with Crippen LogP contribution in [0.4, 0.5) is 13.2 Å². The van der Waals surface area contributed by atoms with Crippen molar-refractivity contribution in [1.82, 2.24) is 30.1 Å². The molecule has 7 nitrogen and oxygen atoms in total. The Labute approximate surface area is 247 Å². The van der Waals surface area contributed by atoms with Crippen LogP contribution in [-0.4, -0.2) is 51.6 Å². The van der Waals surface area contributed by atoms with E-state index in [4.69, 9.17) is 0 Å². The van der Waals surface area contributed by atoms with Crippen molar-refractivity contribution in [3.63, 3.8) is 0 Å². The van der Waals surface area contributed by atoms with Gasteiger partial charge in [0.1, 0.15) is 5.69 Å². The molecule has 2 aliphatic heterocycles. The monoisotopic (exact) mass is 594 g/mol. The second-order valence-electron chi connectivity index (χ2n) is 10.8. The number of piperazine rings is 1. The highest BCUT2D eigenvalue weighted by molar-refractivity contribution is 8.07. The maximum absolute atomic E-state index is 14.0. The number of hydrogen-bond donors (Lipinski definition) is 2. The Hall–Kier alpha value is -3.59. The molecule has 0 saturated carbocycles. The number of rotatable bonds is 5.